The van der Waals surface area contributed by atoms with Gasteiger partial charge in [0.05, 0.1) is 18.2 Å². The summed E-state index contributed by atoms with van der Waals surface area (Å²) in [5.74, 6) is 0.544. The fourth-order valence-corrected chi connectivity index (χ4v) is 2.71. The van der Waals surface area contributed by atoms with E-state index < -0.39 is 0 Å². The van der Waals surface area contributed by atoms with Gasteiger partial charge in [-0.15, -0.1) is 0 Å². The maximum absolute atomic E-state index is 12.2. The first-order valence-electron chi connectivity index (χ1n) is 6.64. The van der Waals surface area contributed by atoms with Crippen LogP contribution in [0.4, 0.5) is 4.79 Å². The fraction of sp³-hybridized carbons (Fsp3) is 0.333. The Bertz CT molecular complexity index is 567. The van der Waals surface area contributed by atoms with Gasteiger partial charge >= 0.3 is 0 Å². The van der Waals surface area contributed by atoms with E-state index in [9.17, 15) is 9.59 Å². The molecule has 1 saturated heterocycles. The lowest BCUT2D eigenvalue weighted by Crippen LogP contribution is -2.36. The Morgan fingerprint density at radius 2 is 1.90 bits per heavy atom. The Morgan fingerprint density at radius 3 is 2.48 bits per heavy atom. The van der Waals surface area contributed by atoms with Gasteiger partial charge < -0.3 is 4.74 Å². The maximum atomic E-state index is 12.2. The molecule has 21 heavy (non-hydrogen) atoms. The summed E-state index contributed by atoms with van der Waals surface area (Å²) >= 11 is 0.974. The van der Waals surface area contributed by atoms with E-state index in [1.807, 2.05) is 45.3 Å². The summed E-state index contributed by atoms with van der Waals surface area (Å²) in [5, 5.41) is -0.231. The lowest BCUT2D eigenvalue weighted by molar-refractivity contribution is -0.123. The Hall–Kier alpha value is -1.79. The van der Waals surface area contributed by atoms with Gasteiger partial charge in [0, 0.05) is 0 Å². The van der Waals surface area contributed by atoms with Crippen LogP contribution in [0.25, 0.3) is 6.08 Å². The number of nitrogens with zero attached hydrogens (tertiary/aromatic N) is 2. The molecule has 2 rings (SSSR count). The second-order valence-electron chi connectivity index (χ2n) is 4.83. The SMILES string of the molecule is CCOc1ccc(/C=C2\SC(=O)N(CN(C)C)C2=O)cc1. The fourth-order valence-electron chi connectivity index (χ4n) is 1.88. The third kappa shape index (κ3) is 3.86. The highest BCUT2D eigenvalue weighted by molar-refractivity contribution is 8.18. The van der Waals surface area contributed by atoms with E-state index in [1.165, 1.54) is 4.90 Å². The molecule has 1 aliphatic rings. The summed E-state index contributed by atoms with van der Waals surface area (Å²) in [6.07, 6.45) is 1.73. The van der Waals surface area contributed by atoms with Crippen LogP contribution in [0.1, 0.15) is 12.5 Å². The number of benzene rings is 1. The van der Waals surface area contributed by atoms with Crippen molar-refractivity contribution in [2.24, 2.45) is 0 Å². The van der Waals surface area contributed by atoms with Crippen molar-refractivity contribution in [2.75, 3.05) is 27.4 Å². The van der Waals surface area contributed by atoms with Crippen molar-refractivity contribution < 1.29 is 14.3 Å². The minimum absolute atomic E-state index is 0.231. The molecule has 0 saturated carbocycles. The van der Waals surface area contributed by atoms with Gasteiger partial charge in [-0.2, -0.15) is 0 Å². The highest BCUT2D eigenvalue weighted by atomic mass is 32.2. The number of hydrogen-bond donors (Lipinski definition) is 0. The first-order chi connectivity index (χ1) is 10.0. The van der Waals surface area contributed by atoms with Crippen molar-refractivity contribution in [1.29, 1.82) is 0 Å². The highest BCUT2D eigenvalue weighted by Crippen LogP contribution is 2.32. The molecule has 6 heteroatoms. The van der Waals surface area contributed by atoms with Crippen LogP contribution in [0.5, 0.6) is 5.75 Å². The van der Waals surface area contributed by atoms with Crippen LogP contribution in [0.2, 0.25) is 0 Å². The predicted molar refractivity (Wildman–Crippen MR) is 84.0 cm³/mol. The maximum Gasteiger partial charge on any atom is 0.294 e. The molecule has 5 nitrogen and oxygen atoms in total. The van der Waals surface area contributed by atoms with Crippen LogP contribution < -0.4 is 4.74 Å². The number of thioether (sulfide) groups is 1. The van der Waals surface area contributed by atoms with Gasteiger partial charge in [0.25, 0.3) is 11.1 Å². The first kappa shape index (κ1) is 15.6. The van der Waals surface area contributed by atoms with E-state index in [4.69, 9.17) is 4.74 Å². The molecular formula is C15H18N2O3S. The third-order valence-corrected chi connectivity index (χ3v) is 3.69. The summed E-state index contributed by atoms with van der Waals surface area (Å²) in [7, 11) is 3.64. The van der Waals surface area contributed by atoms with E-state index in [1.54, 1.807) is 11.0 Å². The number of imide groups is 1. The molecule has 1 aliphatic heterocycles. The zero-order valence-electron chi connectivity index (χ0n) is 12.3. The van der Waals surface area contributed by atoms with Crippen LogP contribution in [-0.2, 0) is 4.79 Å². The molecule has 0 aliphatic carbocycles. The summed E-state index contributed by atoms with van der Waals surface area (Å²) < 4.78 is 5.37. The molecule has 1 fully saturated rings. The van der Waals surface area contributed by atoms with E-state index in [-0.39, 0.29) is 11.1 Å². The summed E-state index contributed by atoms with van der Waals surface area (Å²) in [4.78, 5) is 27.5. The van der Waals surface area contributed by atoms with Crippen LogP contribution in [0.15, 0.2) is 29.2 Å². The van der Waals surface area contributed by atoms with Crippen molar-refractivity contribution in [3.05, 3.63) is 34.7 Å². The normalized spacial score (nSPS) is 17.1. The molecule has 0 aromatic heterocycles. The molecular weight excluding hydrogens is 288 g/mol. The standard InChI is InChI=1S/C15H18N2O3S/c1-4-20-12-7-5-11(6-8-12)9-13-14(18)17(10-16(2)3)15(19)21-13/h5-9H,4,10H2,1-3H3/b13-9-. The Balaban J connectivity index is 2.14. The molecule has 1 heterocycles. The zero-order chi connectivity index (χ0) is 15.4. The average molecular weight is 306 g/mol. The van der Waals surface area contributed by atoms with Crippen molar-refractivity contribution in [2.45, 2.75) is 6.92 Å². The number of hydrogen-bond acceptors (Lipinski definition) is 5. The minimum atomic E-state index is -0.243. The summed E-state index contributed by atoms with van der Waals surface area (Å²) in [6.45, 7) is 2.84. The topological polar surface area (TPSA) is 49.9 Å². The third-order valence-electron chi connectivity index (χ3n) is 2.79. The number of rotatable bonds is 5. The lowest BCUT2D eigenvalue weighted by Gasteiger charge is -2.17. The Kier molecular flexibility index (Phi) is 5.03. The largest absolute Gasteiger partial charge is 0.494 e. The van der Waals surface area contributed by atoms with Gasteiger partial charge in [-0.25, -0.2) is 0 Å². The molecule has 2 amide bonds. The minimum Gasteiger partial charge on any atom is -0.494 e. The molecule has 0 unspecified atom stereocenters. The van der Waals surface area contributed by atoms with Gasteiger partial charge in [0.1, 0.15) is 5.75 Å². The molecule has 0 atom stereocenters. The van der Waals surface area contributed by atoms with Crippen LogP contribution in [0.3, 0.4) is 0 Å². The second-order valence-corrected chi connectivity index (χ2v) is 5.83. The number of ether oxygens (including phenoxy) is 1. The number of carbonyl (C=O) groups is 2. The zero-order valence-corrected chi connectivity index (χ0v) is 13.1. The van der Waals surface area contributed by atoms with Crippen LogP contribution in [0, 0.1) is 0 Å². The molecule has 0 N–H and O–H groups in total. The van der Waals surface area contributed by atoms with Gasteiger partial charge in [-0.3, -0.25) is 19.4 Å². The van der Waals surface area contributed by atoms with Crippen molar-refractivity contribution in [1.82, 2.24) is 9.80 Å². The Morgan fingerprint density at radius 1 is 1.24 bits per heavy atom. The van der Waals surface area contributed by atoms with Gasteiger partial charge in [-0.05, 0) is 56.6 Å². The van der Waals surface area contributed by atoms with Gasteiger partial charge in [0.2, 0.25) is 0 Å². The quantitative estimate of drug-likeness (QED) is 0.783. The smallest absolute Gasteiger partial charge is 0.294 e. The van der Waals surface area contributed by atoms with E-state index in [0.29, 0.717) is 18.2 Å². The summed E-state index contributed by atoms with van der Waals surface area (Å²) in [6, 6.07) is 7.43. The highest BCUT2D eigenvalue weighted by Gasteiger charge is 2.35. The lowest BCUT2D eigenvalue weighted by atomic mass is 10.2. The molecule has 1 aromatic carbocycles. The molecule has 0 spiro atoms. The number of carbonyl (C=O) groups excluding carboxylic acids is 2. The molecule has 0 radical (unpaired) electrons. The van der Waals surface area contributed by atoms with E-state index >= 15 is 0 Å². The summed E-state index contributed by atoms with van der Waals surface area (Å²) in [5.41, 5.74) is 0.869. The monoisotopic (exact) mass is 306 g/mol. The van der Waals surface area contributed by atoms with Gasteiger partial charge in [0.15, 0.2) is 0 Å². The van der Waals surface area contributed by atoms with Gasteiger partial charge in [-0.1, -0.05) is 12.1 Å². The molecule has 112 valence electrons. The van der Waals surface area contributed by atoms with Crippen LogP contribution >= 0.6 is 11.8 Å². The first-order valence-corrected chi connectivity index (χ1v) is 7.46. The van der Waals surface area contributed by atoms with E-state index in [0.717, 1.165) is 23.1 Å². The molecule has 0 bridgehead atoms. The number of amides is 2. The molecule has 1 aromatic rings. The Labute approximate surface area is 128 Å². The van der Waals surface area contributed by atoms with Crippen molar-refractivity contribution in [3.63, 3.8) is 0 Å². The van der Waals surface area contributed by atoms with Crippen LogP contribution in [-0.4, -0.2) is 48.3 Å². The van der Waals surface area contributed by atoms with E-state index in [2.05, 4.69) is 0 Å². The van der Waals surface area contributed by atoms with Crippen molar-refractivity contribution >= 4 is 29.0 Å². The predicted octanol–water partition coefficient (Wildman–Crippen LogP) is 2.64. The average Bonchev–Trinajstić information content (AvgIpc) is 2.69. The van der Waals surface area contributed by atoms with Crippen molar-refractivity contribution in [3.8, 4) is 5.75 Å². The second kappa shape index (κ2) is 6.78.